The number of nitrogen functional groups attached to an aromatic ring is 1. The first-order valence-corrected chi connectivity index (χ1v) is 6.97. The minimum Gasteiger partial charge on any atom is -0.457 e. The van der Waals surface area contributed by atoms with Crippen LogP contribution < -0.4 is 10.5 Å². The number of carbonyl (C=O) groups is 1. The molecular formula is C18H21NO2. The Balaban J connectivity index is 2.40. The first-order chi connectivity index (χ1) is 9.79. The summed E-state index contributed by atoms with van der Waals surface area (Å²) in [6, 6.07) is 13.1. The summed E-state index contributed by atoms with van der Waals surface area (Å²) in [5.41, 5.74) is 7.86. The molecule has 0 bridgehead atoms. The first kappa shape index (κ1) is 15.1. The Morgan fingerprint density at radius 3 is 2.38 bits per heavy atom. The highest BCUT2D eigenvalue weighted by Gasteiger charge is 2.19. The highest BCUT2D eigenvalue weighted by atomic mass is 16.5. The fourth-order valence-electron chi connectivity index (χ4n) is 2.21. The molecule has 0 radical (unpaired) electrons. The molecule has 2 rings (SSSR count). The van der Waals surface area contributed by atoms with Crippen LogP contribution in [0.1, 0.15) is 43.6 Å². The van der Waals surface area contributed by atoms with Crippen molar-refractivity contribution in [3.63, 3.8) is 0 Å². The maximum atomic E-state index is 11.6. The third kappa shape index (κ3) is 3.43. The second-order valence-electron chi connectivity index (χ2n) is 6.15. The van der Waals surface area contributed by atoms with Gasteiger partial charge < -0.3 is 10.5 Å². The van der Waals surface area contributed by atoms with Crippen molar-refractivity contribution in [2.45, 2.75) is 33.1 Å². The fourth-order valence-corrected chi connectivity index (χ4v) is 2.21. The zero-order valence-corrected chi connectivity index (χ0v) is 12.9. The van der Waals surface area contributed by atoms with Gasteiger partial charge in [0.25, 0.3) is 0 Å². The summed E-state index contributed by atoms with van der Waals surface area (Å²) >= 11 is 0. The second-order valence-corrected chi connectivity index (χ2v) is 6.15. The number of ketones is 1. The average molecular weight is 283 g/mol. The standard InChI is InChI=1S/C18H21NO2/c1-12(20)14-11-13(9-10-16(14)19)21-17-8-6-5-7-15(17)18(2,3)4/h5-11H,19H2,1-4H3. The van der Waals surface area contributed by atoms with E-state index >= 15 is 0 Å². The molecule has 0 heterocycles. The van der Waals surface area contributed by atoms with E-state index in [0.717, 1.165) is 11.3 Å². The van der Waals surface area contributed by atoms with Gasteiger partial charge in [0.2, 0.25) is 0 Å². The van der Waals surface area contributed by atoms with Crippen molar-refractivity contribution in [3.05, 3.63) is 53.6 Å². The lowest BCUT2D eigenvalue weighted by atomic mass is 9.86. The van der Waals surface area contributed by atoms with Gasteiger partial charge in [0.05, 0.1) is 0 Å². The summed E-state index contributed by atoms with van der Waals surface area (Å²) in [6.07, 6.45) is 0. The molecule has 2 aromatic rings. The molecule has 0 atom stereocenters. The normalized spacial score (nSPS) is 11.2. The van der Waals surface area contributed by atoms with E-state index in [9.17, 15) is 4.79 Å². The summed E-state index contributed by atoms with van der Waals surface area (Å²) in [7, 11) is 0. The average Bonchev–Trinajstić information content (AvgIpc) is 2.40. The minimum atomic E-state index is -0.0675. The molecule has 0 saturated carbocycles. The number of ether oxygens (including phenoxy) is 1. The number of hydrogen-bond donors (Lipinski definition) is 1. The van der Waals surface area contributed by atoms with Crippen LogP contribution in [0.2, 0.25) is 0 Å². The lowest BCUT2D eigenvalue weighted by Gasteiger charge is -2.22. The Bertz CT molecular complexity index is 669. The molecular weight excluding hydrogens is 262 g/mol. The Morgan fingerprint density at radius 1 is 1.10 bits per heavy atom. The van der Waals surface area contributed by atoms with Gasteiger partial charge in [-0.2, -0.15) is 0 Å². The monoisotopic (exact) mass is 283 g/mol. The van der Waals surface area contributed by atoms with E-state index in [1.54, 1.807) is 18.2 Å². The van der Waals surface area contributed by atoms with Crippen LogP contribution in [0.15, 0.2) is 42.5 Å². The number of benzene rings is 2. The first-order valence-electron chi connectivity index (χ1n) is 6.97. The van der Waals surface area contributed by atoms with E-state index in [1.807, 2.05) is 18.2 Å². The Labute approximate surface area is 125 Å². The summed E-state index contributed by atoms with van der Waals surface area (Å²) in [5.74, 6) is 1.34. The molecule has 3 nitrogen and oxygen atoms in total. The molecule has 0 saturated heterocycles. The molecule has 110 valence electrons. The molecule has 0 aliphatic heterocycles. The molecule has 0 amide bonds. The van der Waals surface area contributed by atoms with Gasteiger partial charge >= 0.3 is 0 Å². The van der Waals surface area contributed by atoms with Crippen molar-refractivity contribution >= 4 is 11.5 Å². The molecule has 2 N–H and O–H groups in total. The second kappa shape index (κ2) is 5.60. The lowest BCUT2D eigenvalue weighted by molar-refractivity contribution is 0.101. The molecule has 0 aromatic heterocycles. The van der Waals surface area contributed by atoms with Gasteiger partial charge in [-0.25, -0.2) is 0 Å². The molecule has 0 fully saturated rings. The van der Waals surface area contributed by atoms with E-state index in [2.05, 4.69) is 26.8 Å². The number of carbonyl (C=O) groups excluding carboxylic acids is 1. The van der Waals surface area contributed by atoms with Crippen LogP contribution in [-0.4, -0.2) is 5.78 Å². The summed E-state index contributed by atoms with van der Waals surface area (Å²) in [6.45, 7) is 7.91. The fraction of sp³-hybridized carbons (Fsp3) is 0.278. The van der Waals surface area contributed by atoms with E-state index in [1.165, 1.54) is 6.92 Å². The van der Waals surface area contributed by atoms with Crippen LogP contribution in [0.4, 0.5) is 5.69 Å². The van der Waals surface area contributed by atoms with Crippen molar-refractivity contribution in [2.24, 2.45) is 0 Å². The lowest BCUT2D eigenvalue weighted by Crippen LogP contribution is -2.12. The molecule has 0 aliphatic carbocycles. The predicted molar refractivity (Wildman–Crippen MR) is 86.1 cm³/mol. The van der Waals surface area contributed by atoms with Crippen LogP contribution in [0.3, 0.4) is 0 Å². The smallest absolute Gasteiger partial charge is 0.162 e. The summed E-state index contributed by atoms with van der Waals surface area (Å²) in [5, 5.41) is 0. The zero-order chi connectivity index (χ0) is 15.6. The van der Waals surface area contributed by atoms with Gasteiger partial charge in [0.1, 0.15) is 11.5 Å². The van der Waals surface area contributed by atoms with Crippen molar-refractivity contribution in [3.8, 4) is 11.5 Å². The van der Waals surface area contributed by atoms with E-state index in [4.69, 9.17) is 10.5 Å². The molecule has 0 unspecified atom stereocenters. The van der Waals surface area contributed by atoms with Crippen LogP contribution >= 0.6 is 0 Å². The minimum absolute atomic E-state index is 0.0200. The molecule has 2 aromatic carbocycles. The Morgan fingerprint density at radius 2 is 1.76 bits per heavy atom. The number of rotatable bonds is 3. The van der Waals surface area contributed by atoms with Gasteiger partial charge in [0.15, 0.2) is 5.78 Å². The van der Waals surface area contributed by atoms with Gasteiger partial charge in [-0.1, -0.05) is 39.0 Å². The number of para-hydroxylation sites is 1. The third-order valence-corrected chi connectivity index (χ3v) is 3.33. The van der Waals surface area contributed by atoms with Gasteiger partial charge in [-0.05, 0) is 36.6 Å². The van der Waals surface area contributed by atoms with Crippen LogP contribution in [0.25, 0.3) is 0 Å². The van der Waals surface area contributed by atoms with Crippen molar-refractivity contribution in [1.82, 2.24) is 0 Å². The van der Waals surface area contributed by atoms with Crippen LogP contribution in [0, 0.1) is 0 Å². The zero-order valence-electron chi connectivity index (χ0n) is 12.9. The Hall–Kier alpha value is -2.29. The maximum Gasteiger partial charge on any atom is 0.162 e. The number of Topliss-reactive ketones (excluding diaryl/α,β-unsaturated/α-hetero) is 1. The number of anilines is 1. The van der Waals surface area contributed by atoms with E-state index in [-0.39, 0.29) is 11.2 Å². The quantitative estimate of drug-likeness (QED) is 0.663. The number of hydrogen-bond acceptors (Lipinski definition) is 3. The van der Waals surface area contributed by atoms with E-state index in [0.29, 0.717) is 17.0 Å². The van der Waals surface area contributed by atoms with Crippen molar-refractivity contribution < 1.29 is 9.53 Å². The number of nitrogens with two attached hydrogens (primary N) is 1. The predicted octanol–water partition coefficient (Wildman–Crippen LogP) is 4.56. The molecule has 0 spiro atoms. The Kier molecular flexibility index (Phi) is 4.03. The third-order valence-electron chi connectivity index (χ3n) is 3.33. The highest BCUT2D eigenvalue weighted by Crippen LogP contribution is 2.34. The van der Waals surface area contributed by atoms with E-state index < -0.39 is 0 Å². The summed E-state index contributed by atoms with van der Waals surface area (Å²) in [4.78, 5) is 11.6. The maximum absolute atomic E-state index is 11.6. The summed E-state index contributed by atoms with van der Waals surface area (Å²) < 4.78 is 5.97. The molecule has 3 heteroatoms. The van der Waals surface area contributed by atoms with Gasteiger partial charge in [0, 0.05) is 16.8 Å². The topological polar surface area (TPSA) is 52.3 Å². The van der Waals surface area contributed by atoms with Crippen LogP contribution in [-0.2, 0) is 5.41 Å². The van der Waals surface area contributed by atoms with Gasteiger partial charge in [-0.15, -0.1) is 0 Å². The molecule has 21 heavy (non-hydrogen) atoms. The van der Waals surface area contributed by atoms with Gasteiger partial charge in [-0.3, -0.25) is 4.79 Å². The SMILES string of the molecule is CC(=O)c1cc(Oc2ccccc2C(C)(C)C)ccc1N. The highest BCUT2D eigenvalue weighted by molar-refractivity contribution is 5.99. The van der Waals surface area contributed by atoms with Crippen molar-refractivity contribution in [2.75, 3.05) is 5.73 Å². The molecule has 0 aliphatic rings. The van der Waals surface area contributed by atoms with Crippen molar-refractivity contribution in [1.29, 1.82) is 0 Å². The van der Waals surface area contributed by atoms with Crippen LogP contribution in [0.5, 0.6) is 11.5 Å². The largest absolute Gasteiger partial charge is 0.457 e.